The smallest absolute Gasteiger partial charge is 0.248 e. The molecular weight excluding hydrogens is 905 g/mol. The van der Waals surface area contributed by atoms with Crippen LogP contribution < -0.4 is 32.3 Å². The number of benzene rings is 1. The van der Waals surface area contributed by atoms with Gasteiger partial charge in [0.15, 0.2) is 0 Å². The van der Waals surface area contributed by atoms with Crippen molar-refractivity contribution < 1.29 is 34.0 Å². The fourth-order valence-electron chi connectivity index (χ4n) is 8.21. The second kappa shape index (κ2) is 26.0. The molecule has 70 heavy (non-hydrogen) atoms. The van der Waals surface area contributed by atoms with Gasteiger partial charge in [-0.25, -0.2) is 9.36 Å². The van der Waals surface area contributed by atoms with Crippen LogP contribution in [0.3, 0.4) is 0 Å². The van der Waals surface area contributed by atoms with Crippen LogP contribution in [0.1, 0.15) is 60.5 Å². The molecule has 4 aromatic heterocycles. The number of piperazine rings is 2. The second-order valence-corrected chi connectivity index (χ2v) is 17.0. The van der Waals surface area contributed by atoms with Gasteiger partial charge in [-0.3, -0.25) is 9.59 Å². The summed E-state index contributed by atoms with van der Waals surface area (Å²) in [6.07, 6.45) is 10.8. The summed E-state index contributed by atoms with van der Waals surface area (Å²) in [6.45, 7) is 5.84. The average Bonchev–Trinajstić information content (AvgIpc) is 4.19. The van der Waals surface area contributed by atoms with Crippen LogP contribution in [0, 0.1) is 12.3 Å². The topological polar surface area (TPSA) is 321 Å². The minimum atomic E-state index is -0.738. The summed E-state index contributed by atoms with van der Waals surface area (Å²) in [6, 6.07) is 7.16. The number of aromatic nitrogens is 10. The van der Waals surface area contributed by atoms with E-state index in [9.17, 15) is 19.8 Å². The highest BCUT2D eigenvalue weighted by Gasteiger charge is 2.34. The van der Waals surface area contributed by atoms with Crippen molar-refractivity contribution in [2.45, 2.75) is 49.9 Å². The van der Waals surface area contributed by atoms with E-state index >= 15 is 0 Å². The van der Waals surface area contributed by atoms with Gasteiger partial charge in [0, 0.05) is 76.5 Å². The molecule has 0 spiro atoms. The molecule has 2 saturated heterocycles. The lowest BCUT2D eigenvalue weighted by molar-refractivity contribution is -0.136. The molecular formula is C45H66N18O7. The van der Waals surface area contributed by atoms with Crippen LogP contribution in [-0.2, 0) is 30.2 Å². The zero-order chi connectivity index (χ0) is 49.2. The lowest BCUT2D eigenvalue weighted by atomic mass is 10.1. The van der Waals surface area contributed by atoms with Gasteiger partial charge < -0.3 is 71.5 Å². The number of hydrogen-bond acceptors (Lipinski definition) is 20. The maximum Gasteiger partial charge on any atom is 0.248 e. The third-order valence-corrected chi connectivity index (χ3v) is 12.2. The molecule has 5 aromatic rings. The van der Waals surface area contributed by atoms with E-state index < -0.39 is 24.2 Å². The summed E-state index contributed by atoms with van der Waals surface area (Å²) in [5.41, 5.74) is 20.5. The van der Waals surface area contributed by atoms with E-state index in [0.29, 0.717) is 141 Å². The molecule has 2 amide bonds. The largest absolute Gasteiger partial charge is 0.394 e. The number of rotatable bonds is 27. The first-order valence-corrected chi connectivity index (χ1v) is 23.8. The number of amides is 2. The van der Waals surface area contributed by atoms with Crippen LogP contribution >= 0.6 is 0 Å². The molecule has 2 aliphatic heterocycles. The molecule has 0 bridgehead atoms. The van der Waals surface area contributed by atoms with Gasteiger partial charge in [-0.1, -0.05) is 34.5 Å². The first-order valence-electron chi connectivity index (χ1n) is 23.8. The Labute approximate surface area is 406 Å². The van der Waals surface area contributed by atoms with Crippen molar-refractivity contribution in [3.8, 4) is 12.3 Å². The van der Waals surface area contributed by atoms with E-state index in [-0.39, 0.29) is 31.6 Å². The number of aliphatic hydroxyl groups is 2. The molecule has 378 valence electrons. The second-order valence-electron chi connectivity index (χ2n) is 17.0. The number of unbranched alkanes of at least 4 members (excludes halogenated alkanes) is 1. The number of aromatic amines is 1. The Kier molecular flexibility index (Phi) is 19.1. The molecule has 1 aromatic carbocycles. The molecule has 0 saturated carbocycles. The number of terminal acetylenes is 1. The minimum absolute atomic E-state index is 0.0963. The average molecular weight is 971 g/mol. The molecule has 4 atom stereocenters. The van der Waals surface area contributed by atoms with Gasteiger partial charge in [0.2, 0.25) is 29.7 Å². The van der Waals surface area contributed by atoms with Crippen molar-refractivity contribution in [1.29, 1.82) is 0 Å². The summed E-state index contributed by atoms with van der Waals surface area (Å²) in [5.74, 6) is 3.42. The molecule has 25 heteroatoms. The van der Waals surface area contributed by atoms with Crippen LogP contribution in [-0.4, -0.2) is 200 Å². The van der Waals surface area contributed by atoms with E-state index in [4.69, 9.17) is 52.8 Å². The maximum atomic E-state index is 14.5. The third kappa shape index (κ3) is 13.7. The highest BCUT2D eigenvalue weighted by molar-refractivity contribution is 5.83. The fraction of sp³-hybridized carbons (Fsp3) is 0.578. The quantitative estimate of drug-likeness (QED) is 0.0239. The van der Waals surface area contributed by atoms with Crippen molar-refractivity contribution in [2.24, 2.45) is 17.2 Å². The number of fused-ring (bicyclic) bond motifs is 1. The monoisotopic (exact) mass is 971 g/mol. The Hall–Kier alpha value is -6.37. The Bertz CT molecular complexity index is 2410. The maximum absolute atomic E-state index is 14.5. The van der Waals surface area contributed by atoms with Gasteiger partial charge in [0.1, 0.15) is 30.1 Å². The Morgan fingerprint density at radius 3 is 1.89 bits per heavy atom. The molecule has 10 N–H and O–H groups in total. The number of ether oxygens (including phenoxy) is 3. The number of H-pyrrole nitrogens is 1. The number of aliphatic hydroxyl groups excluding tert-OH is 2. The Morgan fingerprint density at radius 2 is 1.31 bits per heavy atom. The standard InChI is InChI=1S/C45H66N18O7/c1-2-20-68-22-24-70-25-23-69-21-11-49-43-51-44(60-16-12-58(13-17-60)41(66)39(9-5-6-10-46)62-28-37(54-56-62)34(47)30-64)53-45(52-43)61-18-14-59(15-19-61)42(67)40(63-29-38(55-57-63)35(48)31-65)27-33-26-32-7-3-4-8-36(32)50-33/h1,3-4,7-8,26,28-29,34-35,39-40,50,64-65H,5-6,9-25,27,30-31,46-48H2,(H,49,51,52,53)/t34-,35-,39-,40+/m0/s1. The number of carbonyl (C=O) groups is 2. The summed E-state index contributed by atoms with van der Waals surface area (Å²) in [7, 11) is 0. The van der Waals surface area contributed by atoms with Gasteiger partial charge in [-0.05, 0) is 43.3 Å². The van der Waals surface area contributed by atoms with Gasteiger partial charge in [-0.15, -0.1) is 16.6 Å². The normalized spacial score (nSPS) is 16.1. The van der Waals surface area contributed by atoms with Crippen molar-refractivity contribution in [2.75, 3.05) is 133 Å². The number of carbonyl (C=O) groups excluding carboxylic acids is 2. The van der Waals surface area contributed by atoms with E-state index in [2.05, 4.69) is 36.8 Å². The first kappa shape index (κ1) is 51.5. The Balaban J connectivity index is 1.03. The molecule has 2 aliphatic rings. The summed E-state index contributed by atoms with van der Waals surface area (Å²) >= 11 is 0. The van der Waals surface area contributed by atoms with Gasteiger partial charge >= 0.3 is 0 Å². The fourth-order valence-corrected chi connectivity index (χ4v) is 8.21. The zero-order valence-electron chi connectivity index (χ0n) is 39.5. The van der Waals surface area contributed by atoms with E-state index in [1.54, 1.807) is 12.4 Å². The minimum Gasteiger partial charge on any atom is -0.394 e. The summed E-state index contributed by atoms with van der Waals surface area (Å²) in [4.78, 5) is 54.3. The van der Waals surface area contributed by atoms with Gasteiger partial charge in [-0.2, -0.15) is 15.0 Å². The predicted molar refractivity (Wildman–Crippen MR) is 258 cm³/mol. The third-order valence-electron chi connectivity index (χ3n) is 12.2. The lowest BCUT2D eigenvalue weighted by Crippen LogP contribution is -2.52. The van der Waals surface area contributed by atoms with Crippen molar-refractivity contribution in [3.63, 3.8) is 0 Å². The first-order chi connectivity index (χ1) is 34.2. The molecule has 0 aliphatic carbocycles. The number of hydrogen-bond donors (Lipinski definition) is 7. The molecule has 2 fully saturated rings. The van der Waals surface area contributed by atoms with Crippen LogP contribution in [0.4, 0.5) is 17.8 Å². The SMILES string of the molecule is C#CCOCCOCCOCCNc1nc(N2CCN(C(=O)[C@@H](Cc3cc4ccccc4[nH]3)n3cc([C@@H](N)CO)nn3)CC2)nc(N2CCN(C(=O)[C@H](CCCCN)n3cc([C@@H](N)CO)nn3)CC2)n1. The highest BCUT2D eigenvalue weighted by atomic mass is 16.5. The molecule has 25 nitrogen and oxygen atoms in total. The van der Waals surface area contributed by atoms with Crippen molar-refractivity contribution >= 4 is 40.6 Å². The van der Waals surface area contributed by atoms with Crippen LogP contribution in [0.25, 0.3) is 10.9 Å². The lowest BCUT2D eigenvalue weighted by Gasteiger charge is -2.38. The number of nitrogens with two attached hydrogens (primary N) is 3. The Morgan fingerprint density at radius 1 is 0.757 bits per heavy atom. The van der Waals surface area contributed by atoms with Crippen molar-refractivity contribution in [1.82, 2.24) is 59.7 Å². The number of nitrogens with one attached hydrogen (secondary N) is 2. The van der Waals surface area contributed by atoms with Crippen LogP contribution in [0.5, 0.6) is 0 Å². The van der Waals surface area contributed by atoms with Gasteiger partial charge in [0.05, 0.1) is 70.7 Å². The predicted octanol–water partition coefficient (Wildman–Crippen LogP) is -1.23. The number of para-hydroxylation sites is 1. The molecule has 0 unspecified atom stereocenters. The van der Waals surface area contributed by atoms with Crippen LogP contribution in [0.15, 0.2) is 42.7 Å². The highest BCUT2D eigenvalue weighted by Crippen LogP contribution is 2.26. The summed E-state index contributed by atoms with van der Waals surface area (Å²) < 4.78 is 19.6. The number of nitrogens with zero attached hydrogens (tertiary/aromatic N) is 13. The van der Waals surface area contributed by atoms with Gasteiger partial charge in [0.25, 0.3) is 0 Å². The van der Waals surface area contributed by atoms with Crippen molar-refractivity contribution in [3.05, 3.63) is 59.8 Å². The van der Waals surface area contributed by atoms with E-state index in [1.807, 2.05) is 49.9 Å². The zero-order valence-corrected chi connectivity index (χ0v) is 39.5. The molecule has 6 heterocycles. The molecule has 7 rings (SSSR count). The molecule has 0 radical (unpaired) electrons. The number of anilines is 3. The van der Waals surface area contributed by atoms with E-state index in [1.165, 1.54) is 9.36 Å². The van der Waals surface area contributed by atoms with E-state index in [0.717, 1.165) is 29.4 Å². The van der Waals surface area contributed by atoms with Crippen LogP contribution in [0.2, 0.25) is 0 Å². The summed E-state index contributed by atoms with van der Waals surface area (Å²) in [5, 5.41) is 40.4.